The van der Waals surface area contributed by atoms with E-state index in [1.807, 2.05) is 12.1 Å². The van der Waals surface area contributed by atoms with Crippen LogP contribution in [0, 0.1) is 0 Å². The van der Waals surface area contributed by atoms with Gasteiger partial charge in [-0.05, 0) is 89.0 Å². The molecule has 0 spiro atoms. The van der Waals surface area contributed by atoms with Crippen molar-refractivity contribution in [1.82, 2.24) is 9.13 Å². The van der Waals surface area contributed by atoms with Crippen LogP contribution in [0.3, 0.4) is 0 Å². The maximum atomic E-state index is 6.14. The van der Waals surface area contributed by atoms with E-state index in [1.54, 1.807) is 0 Å². The van der Waals surface area contributed by atoms with E-state index in [0.717, 1.165) is 33.3 Å². The van der Waals surface area contributed by atoms with Crippen LogP contribution in [-0.4, -0.2) is 9.13 Å². The molecule has 3 aromatic heterocycles. The average molecular weight is 651 g/mol. The number of furan rings is 1. The van der Waals surface area contributed by atoms with Crippen molar-refractivity contribution in [1.29, 1.82) is 0 Å². The zero-order valence-electron chi connectivity index (χ0n) is 27.6. The molecule has 3 heterocycles. The number of nitrogens with zero attached hydrogens (tertiary/aromatic N) is 2. The molecule has 51 heavy (non-hydrogen) atoms. The Hall–Kier alpha value is -6.84. The van der Waals surface area contributed by atoms with Crippen LogP contribution in [-0.2, 0) is 0 Å². The lowest BCUT2D eigenvalue weighted by molar-refractivity contribution is 0.669. The lowest BCUT2D eigenvalue weighted by Crippen LogP contribution is -1.95. The fraction of sp³-hybridized carbons (Fsp3) is 0. The zero-order chi connectivity index (χ0) is 33.5. The quantitative estimate of drug-likeness (QED) is 0.186. The molecular formula is C48H30N2O. The Morgan fingerprint density at radius 1 is 0.294 bits per heavy atom. The van der Waals surface area contributed by atoms with Crippen LogP contribution in [0.2, 0.25) is 0 Å². The highest BCUT2D eigenvalue weighted by atomic mass is 16.3. The van der Waals surface area contributed by atoms with Crippen molar-refractivity contribution in [2.75, 3.05) is 0 Å². The van der Waals surface area contributed by atoms with E-state index in [-0.39, 0.29) is 0 Å². The third-order valence-corrected chi connectivity index (χ3v) is 10.5. The number of rotatable bonds is 4. The van der Waals surface area contributed by atoms with Gasteiger partial charge < -0.3 is 13.6 Å². The fourth-order valence-electron chi connectivity index (χ4n) is 8.26. The second-order valence-corrected chi connectivity index (χ2v) is 13.3. The normalized spacial score (nSPS) is 11.9. The van der Waals surface area contributed by atoms with Crippen LogP contribution in [0.1, 0.15) is 0 Å². The number of fused-ring (bicyclic) bond motifs is 10. The molecule has 0 aliphatic carbocycles. The maximum Gasteiger partial charge on any atom is 0.135 e. The molecule has 11 rings (SSSR count). The first-order valence-electron chi connectivity index (χ1n) is 17.4. The standard InChI is InChI=1S/C48H30N2O/c1-2-12-31(13-3-1)32-14-10-16-35(28-32)49-41-21-7-4-19-38(41)47-43(49)25-26-44-48(47)39-20-5-8-22-42(39)50(44)36-17-11-15-33(29-36)34-24-27-46-40(30-34)37-18-6-9-23-45(37)51-46/h1-30H. The van der Waals surface area contributed by atoms with E-state index in [2.05, 4.69) is 179 Å². The average Bonchev–Trinajstić information content (AvgIpc) is 3.85. The Morgan fingerprint density at radius 2 is 0.784 bits per heavy atom. The monoisotopic (exact) mass is 650 g/mol. The summed E-state index contributed by atoms with van der Waals surface area (Å²) in [4.78, 5) is 0. The number of hydrogen-bond acceptors (Lipinski definition) is 1. The van der Waals surface area contributed by atoms with E-state index in [9.17, 15) is 0 Å². The third-order valence-electron chi connectivity index (χ3n) is 10.5. The van der Waals surface area contributed by atoms with Crippen LogP contribution in [0.5, 0.6) is 0 Å². The first kappa shape index (κ1) is 28.0. The predicted molar refractivity (Wildman–Crippen MR) is 213 cm³/mol. The molecule has 0 aliphatic heterocycles. The van der Waals surface area contributed by atoms with Crippen LogP contribution >= 0.6 is 0 Å². The van der Waals surface area contributed by atoms with Gasteiger partial charge in [0.1, 0.15) is 11.2 Å². The minimum Gasteiger partial charge on any atom is -0.456 e. The second kappa shape index (κ2) is 10.8. The highest BCUT2D eigenvalue weighted by molar-refractivity contribution is 6.29. The summed E-state index contributed by atoms with van der Waals surface area (Å²) in [6, 6.07) is 65.5. The Labute approximate surface area is 293 Å². The number of para-hydroxylation sites is 3. The van der Waals surface area contributed by atoms with Crippen LogP contribution in [0.4, 0.5) is 0 Å². The smallest absolute Gasteiger partial charge is 0.135 e. The summed E-state index contributed by atoms with van der Waals surface area (Å²) in [5, 5.41) is 7.32. The minimum atomic E-state index is 0.911. The van der Waals surface area contributed by atoms with Gasteiger partial charge in [-0.15, -0.1) is 0 Å². The van der Waals surface area contributed by atoms with Crippen molar-refractivity contribution in [3.63, 3.8) is 0 Å². The molecule has 3 nitrogen and oxygen atoms in total. The predicted octanol–water partition coefficient (Wildman–Crippen LogP) is 13.1. The van der Waals surface area contributed by atoms with Gasteiger partial charge in [0.2, 0.25) is 0 Å². The van der Waals surface area contributed by atoms with Crippen molar-refractivity contribution in [2.24, 2.45) is 0 Å². The van der Waals surface area contributed by atoms with Crippen LogP contribution < -0.4 is 0 Å². The van der Waals surface area contributed by atoms with Gasteiger partial charge in [0.15, 0.2) is 0 Å². The van der Waals surface area contributed by atoms with E-state index >= 15 is 0 Å². The lowest BCUT2D eigenvalue weighted by Gasteiger charge is -2.12. The van der Waals surface area contributed by atoms with Gasteiger partial charge in [0, 0.05) is 43.7 Å². The van der Waals surface area contributed by atoms with Gasteiger partial charge in [0.05, 0.1) is 22.1 Å². The molecule has 0 radical (unpaired) electrons. The molecule has 11 aromatic rings. The molecule has 0 atom stereocenters. The molecule has 0 amide bonds. The second-order valence-electron chi connectivity index (χ2n) is 13.3. The van der Waals surface area contributed by atoms with E-state index in [1.165, 1.54) is 65.9 Å². The maximum absolute atomic E-state index is 6.14. The van der Waals surface area contributed by atoms with Crippen LogP contribution in [0.15, 0.2) is 186 Å². The van der Waals surface area contributed by atoms with E-state index < -0.39 is 0 Å². The molecule has 8 aromatic carbocycles. The van der Waals surface area contributed by atoms with Gasteiger partial charge in [-0.25, -0.2) is 0 Å². The van der Waals surface area contributed by atoms with Gasteiger partial charge in [-0.1, -0.05) is 115 Å². The molecule has 238 valence electrons. The summed E-state index contributed by atoms with van der Waals surface area (Å²) in [7, 11) is 0. The highest BCUT2D eigenvalue weighted by Gasteiger charge is 2.21. The molecule has 0 saturated heterocycles. The van der Waals surface area contributed by atoms with Crippen molar-refractivity contribution in [2.45, 2.75) is 0 Å². The van der Waals surface area contributed by atoms with Crippen molar-refractivity contribution >= 4 is 65.6 Å². The van der Waals surface area contributed by atoms with Gasteiger partial charge in [-0.2, -0.15) is 0 Å². The summed E-state index contributed by atoms with van der Waals surface area (Å²) in [5.74, 6) is 0. The largest absolute Gasteiger partial charge is 0.456 e. The summed E-state index contributed by atoms with van der Waals surface area (Å²) < 4.78 is 11.0. The highest BCUT2D eigenvalue weighted by Crippen LogP contribution is 2.43. The number of benzene rings is 8. The van der Waals surface area contributed by atoms with E-state index in [0.29, 0.717) is 0 Å². The summed E-state index contributed by atoms with van der Waals surface area (Å²) in [6.07, 6.45) is 0. The molecule has 0 N–H and O–H groups in total. The Kier molecular flexibility index (Phi) is 5.96. The Balaban J connectivity index is 1.15. The number of hydrogen-bond donors (Lipinski definition) is 0. The zero-order valence-corrected chi connectivity index (χ0v) is 27.6. The number of aromatic nitrogens is 2. The fourth-order valence-corrected chi connectivity index (χ4v) is 8.26. The lowest BCUT2D eigenvalue weighted by atomic mass is 10.0. The van der Waals surface area contributed by atoms with Gasteiger partial charge >= 0.3 is 0 Å². The van der Waals surface area contributed by atoms with Crippen LogP contribution in [0.25, 0.3) is 99.2 Å². The molecule has 0 saturated carbocycles. The van der Waals surface area contributed by atoms with Gasteiger partial charge in [-0.3, -0.25) is 0 Å². The van der Waals surface area contributed by atoms with Crippen molar-refractivity contribution in [3.05, 3.63) is 182 Å². The molecule has 3 heteroatoms. The SMILES string of the molecule is c1ccc(-c2cccc(-n3c4ccccc4c4c5c6ccccc6n(-c6cccc(-c7ccc8oc9ccccc9c8c7)c6)c5ccc43)c2)cc1. The molecule has 0 unspecified atom stereocenters. The first-order chi connectivity index (χ1) is 25.3. The van der Waals surface area contributed by atoms with E-state index in [4.69, 9.17) is 4.42 Å². The molecule has 0 fully saturated rings. The van der Waals surface area contributed by atoms with Crippen molar-refractivity contribution < 1.29 is 4.42 Å². The van der Waals surface area contributed by atoms with Crippen molar-refractivity contribution in [3.8, 4) is 33.6 Å². The molecule has 0 bridgehead atoms. The summed E-state index contributed by atoms with van der Waals surface area (Å²) >= 11 is 0. The Morgan fingerprint density at radius 3 is 1.43 bits per heavy atom. The summed E-state index contributed by atoms with van der Waals surface area (Å²) in [5.41, 5.74) is 13.7. The molecular weight excluding hydrogens is 621 g/mol. The first-order valence-corrected chi connectivity index (χ1v) is 17.4. The van der Waals surface area contributed by atoms with Gasteiger partial charge in [0.25, 0.3) is 0 Å². The third kappa shape index (κ3) is 4.19. The topological polar surface area (TPSA) is 23.0 Å². The molecule has 0 aliphatic rings. The summed E-state index contributed by atoms with van der Waals surface area (Å²) in [6.45, 7) is 0. The Bertz CT molecular complexity index is 3140. The minimum absolute atomic E-state index is 0.911.